The third-order valence-corrected chi connectivity index (χ3v) is 3.19. The topological polar surface area (TPSA) is 82.0 Å². The first-order valence-corrected chi connectivity index (χ1v) is 6.01. The molecular weight excluding hydrogens is 244 g/mol. The molecule has 2 aromatic rings. The summed E-state index contributed by atoms with van der Waals surface area (Å²) in [5, 5.41) is 16.6. The molecule has 1 unspecified atom stereocenters. The maximum Gasteiger partial charge on any atom is 0.254 e. The average Bonchev–Trinajstić information content (AvgIpc) is 2.94. The Labute approximate surface area is 109 Å². The molecule has 0 bridgehead atoms. The summed E-state index contributed by atoms with van der Waals surface area (Å²) in [6.45, 7) is 1.23. The summed E-state index contributed by atoms with van der Waals surface area (Å²) >= 11 is 0. The molecule has 6 nitrogen and oxygen atoms in total. The van der Waals surface area contributed by atoms with Crippen LogP contribution in [0.25, 0.3) is 10.9 Å². The molecule has 1 aliphatic heterocycles. The largest absolute Gasteiger partial charge is 0.360 e. The maximum atomic E-state index is 12.4. The second kappa shape index (κ2) is 4.71. The number of morpholine rings is 1. The van der Waals surface area contributed by atoms with Crippen LogP contribution in [0.2, 0.25) is 0 Å². The number of H-pyrrole nitrogens is 1. The van der Waals surface area contributed by atoms with E-state index in [0.717, 1.165) is 10.9 Å². The van der Waals surface area contributed by atoms with Crippen LogP contribution in [-0.4, -0.2) is 46.8 Å². The highest BCUT2D eigenvalue weighted by molar-refractivity contribution is 5.97. The lowest BCUT2D eigenvalue weighted by Gasteiger charge is -2.29. The number of carbonyl (C=O) groups is 1. The Morgan fingerprint density at radius 2 is 2.47 bits per heavy atom. The normalized spacial score (nSPS) is 19.3. The minimum absolute atomic E-state index is 0.0833. The molecule has 19 heavy (non-hydrogen) atoms. The zero-order valence-electron chi connectivity index (χ0n) is 10.2. The van der Waals surface area contributed by atoms with Gasteiger partial charge >= 0.3 is 0 Å². The molecule has 1 saturated heterocycles. The van der Waals surface area contributed by atoms with Crippen molar-refractivity contribution in [2.75, 3.05) is 19.7 Å². The van der Waals surface area contributed by atoms with Crippen LogP contribution in [0.1, 0.15) is 10.4 Å². The predicted molar refractivity (Wildman–Crippen MR) is 67.4 cm³/mol. The van der Waals surface area contributed by atoms with Crippen molar-refractivity contribution < 1.29 is 9.53 Å². The van der Waals surface area contributed by atoms with E-state index in [9.17, 15) is 4.79 Å². The van der Waals surface area contributed by atoms with Gasteiger partial charge in [0.05, 0.1) is 30.9 Å². The molecule has 1 atom stereocenters. The van der Waals surface area contributed by atoms with Crippen LogP contribution in [0.4, 0.5) is 0 Å². The van der Waals surface area contributed by atoms with E-state index in [1.54, 1.807) is 23.2 Å². The Morgan fingerprint density at radius 3 is 3.32 bits per heavy atom. The summed E-state index contributed by atoms with van der Waals surface area (Å²) in [5.74, 6) is -0.0833. The quantitative estimate of drug-likeness (QED) is 0.822. The molecular formula is C13H12N4O2. The van der Waals surface area contributed by atoms with Gasteiger partial charge in [0.2, 0.25) is 0 Å². The molecule has 0 spiro atoms. The van der Waals surface area contributed by atoms with E-state index < -0.39 is 6.10 Å². The molecule has 1 fully saturated rings. The molecule has 1 aromatic carbocycles. The minimum Gasteiger partial charge on any atom is -0.360 e. The molecule has 96 valence electrons. The van der Waals surface area contributed by atoms with Gasteiger partial charge in [0.25, 0.3) is 5.91 Å². The van der Waals surface area contributed by atoms with Crippen molar-refractivity contribution in [3.8, 4) is 6.07 Å². The molecule has 1 aliphatic rings. The number of aromatic nitrogens is 2. The summed E-state index contributed by atoms with van der Waals surface area (Å²) in [6, 6.07) is 7.44. The Hall–Kier alpha value is -2.39. The number of fused-ring (bicyclic) bond motifs is 1. The second-order valence-electron chi connectivity index (χ2n) is 4.41. The van der Waals surface area contributed by atoms with E-state index in [0.29, 0.717) is 25.3 Å². The Balaban J connectivity index is 1.84. The molecule has 1 aromatic heterocycles. The fourth-order valence-corrected chi connectivity index (χ4v) is 2.16. The van der Waals surface area contributed by atoms with Gasteiger partial charge in [-0.3, -0.25) is 9.89 Å². The van der Waals surface area contributed by atoms with Crippen molar-refractivity contribution in [2.24, 2.45) is 0 Å². The zero-order valence-corrected chi connectivity index (χ0v) is 10.2. The van der Waals surface area contributed by atoms with Crippen LogP contribution in [0.15, 0.2) is 24.4 Å². The minimum atomic E-state index is -0.534. The SMILES string of the molecule is N#CC1CN(C(=O)c2ccc3cn[nH]c3c2)CCO1. The van der Waals surface area contributed by atoms with Gasteiger partial charge in [-0.1, -0.05) is 6.07 Å². The lowest BCUT2D eigenvalue weighted by molar-refractivity contribution is 0.00347. The number of benzene rings is 1. The second-order valence-corrected chi connectivity index (χ2v) is 4.41. The first kappa shape index (κ1) is 11.7. The van der Waals surface area contributed by atoms with Gasteiger partial charge in [-0.2, -0.15) is 10.4 Å². The van der Waals surface area contributed by atoms with Crippen molar-refractivity contribution in [1.82, 2.24) is 15.1 Å². The van der Waals surface area contributed by atoms with Crippen LogP contribution in [0, 0.1) is 11.3 Å². The summed E-state index contributed by atoms with van der Waals surface area (Å²) < 4.78 is 5.23. The van der Waals surface area contributed by atoms with Crippen LogP contribution in [-0.2, 0) is 4.74 Å². The first-order chi connectivity index (χ1) is 9.28. The van der Waals surface area contributed by atoms with Crippen molar-refractivity contribution in [1.29, 1.82) is 5.26 Å². The molecule has 1 amide bonds. The van der Waals surface area contributed by atoms with Crippen LogP contribution < -0.4 is 0 Å². The maximum absolute atomic E-state index is 12.4. The van der Waals surface area contributed by atoms with Crippen molar-refractivity contribution in [3.05, 3.63) is 30.0 Å². The Bertz CT molecular complexity index is 658. The Morgan fingerprint density at radius 1 is 1.58 bits per heavy atom. The van der Waals surface area contributed by atoms with Crippen LogP contribution >= 0.6 is 0 Å². The van der Waals surface area contributed by atoms with E-state index >= 15 is 0 Å². The highest BCUT2D eigenvalue weighted by Gasteiger charge is 2.24. The van der Waals surface area contributed by atoms with Crippen molar-refractivity contribution in [2.45, 2.75) is 6.10 Å². The summed E-state index contributed by atoms with van der Waals surface area (Å²) in [5.41, 5.74) is 1.42. The van der Waals surface area contributed by atoms with Gasteiger partial charge in [-0.15, -0.1) is 0 Å². The highest BCUT2D eigenvalue weighted by atomic mass is 16.5. The van der Waals surface area contributed by atoms with Gasteiger partial charge < -0.3 is 9.64 Å². The van der Waals surface area contributed by atoms with E-state index in [4.69, 9.17) is 10.00 Å². The van der Waals surface area contributed by atoms with E-state index in [-0.39, 0.29) is 5.91 Å². The number of amides is 1. The molecule has 0 radical (unpaired) electrons. The smallest absolute Gasteiger partial charge is 0.254 e. The lowest BCUT2D eigenvalue weighted by Crippen LogP contribution is -2.45. The number of aromatic amines is 1. The van der Waals surface area contributed by atoms with Gasteiger partial charge in [-0.05, 0) is 12.1 Å². The van der Waals surface area contributed by atoms with E-state index in [1.807, 2.05) is 12.1 Å². The number of nitrogens with zero attached hydrogens (tertiary/aromatic N) is 3. The predicted octanol–water partition coefficient (Wildman–Crippen LogP) is 0.927. The van der Waals surface area contributed by atoms with Crippen molar-refractivity contribution >= 4 is 16.8 Å². The van der Waals surface area contributed by atoms with Crippen LogP contribution in [0.3, 0.4) is 0 Å². The molecule has 3 rings (SSSR count). The number of nitriles is 1. The van der Waals surface area contributed by atoms with Crippen LogP contribution in [0.5, 0.6) is 0 Å². The first-order valence-electron chi connectivity index (χ1n) is 6.01. The fourth-order valence-electron chi connectivity index (χ4n) is 2.16. The third kappa shape index (κ3) is 2.16. The molecule has 6 heteroatoms. The number of rotatable bonds is 1. The van der Waals surface area contributed by atoms with E-state index in [2.05, 4.69) is 10.2 Å². The fraction of sp³-hybridized carbons (Fsp3) is 0.308. The number of hydrogen-bond acceptors (Lipinski definition) is 4. The van der Waals surface area contributed by atoms with Gasteiger partial charge in [-0.25, -0.2) is 0 Å². The third-order valence-electron chi connectivity index (χ3n) is 3.19. The van der Waals surface area contributed by atoms with E-state index in [1.165, 1.54) is 0 Å². The zero-order chi connectivity index (χ0) is 13.2. The highest BCUT2D eigenvalue weighted by Crippen LogP contribution is 2.16. The van der Waals surface area contributed by atoms with Gasteiger partial charge in [0, 0.05) is 17.5 Å². The molecule has 0 aliphatic carbocycles. The van der Waals surface area contributed by atoms with Gasteiger partial charge in [0.15, 0.2) is 6.10 Å². The monoisotopic (exact) mass is 256 g/mol. The molecule has 2 heterocycles. The summed E-state index contributed by atoms with van der Waals surface area (Å²) in [6.07, 6.45) is 1.18. The number of carbonyl (C=O) groups excluding carboxylic acids is 1. The summed E-state index contributed by atoms with van der Waals surface area (Å²) in [7, 11) is 0. The van der Waals surface area contributed by atoms with Gasteiger partial charge in [0.1, 0.15) is 0 Å². The molecule has 1 N–H and O–H groups in total. The Kier molecular flexibility index (Phi) is 2.89. The number of ether oxygens (including phenoxy) is 1. The summed E-state index contributed by atoms with van der Waals surface area (Å²) in [4.78, 5) is 14.0. The number of nitrogens with one attached hydrogen (secondary N) is 1. The number of hydrogen-bond donors (Lipinski definition) is 1. The molecule has 0 saturated carbocycles. The average molecular weight is 256 g/mol. The standard InChI is InChI=1S/C13H12N4O2/c14-6-11-8-17(3-4-19-11)13(18)9-1-2-10-7-15-16-12(10)5-9/h1-2,5,7,11H,3-4,8H2,(H,15,16). The van der Waals surface area contributed by atoms with Crippen molar-refractivity contribution in [3.63, 3.8) is 0 Å². The lowest BCUT2D eigenvalue weighted by atomic mass is 10.1.